The first-order valence-corrected chi connectivity index (χ1v) is 0. The van der Waals surface area contributed by atoms with E-state index in [1.54, 1.807) is 0 Å². The molecule has 0 saturated heterocycles. The molecule has 0 fully saturated rings. The number of hydrogen-bond acceptors (Lipinski definition) is 0. The molecule has 0 aliphatic heterocycles. The van der Waals surface area contributed by atoms with Crippen LogP contribution in [0.4, 0.5) is 0 Å². The van der Waals surface area contributed by atoms with Crippen molar-refractivity contribution in [1.29, 1.82) is 0 Å². The van der Waals surface area contributed by atoms with Crippen LogP contribution in [0, 0.1) is 0 Å². The molecule has 2 radical (unpaired) electrons. The minimum absolute atomic E-state index is 0. The van der Waals surface area contributed by atoms with Crippen LogP contribution in [0.25, 0.3) is 0 Å². The molecule has 0 aliphatic rings. The normalized spacial score (nSPS) is 0. The molecule has 34 valence electrons. The van der Waals surface area contributed by atoms with E-state index < -0.39 is 0 Å². The van der Waals surface area contributed by atoms with Crippen LogP contribution in [0.1, 0.15) is 0 Å². The summed E-state index contributed by atoms with van der Waals surface area (Å²) in [5, 5.41) is 0. The van der Waals surface area contributed by atoms with Gasteiger partial charge in [0, 0.05) is 55.9 Å². The Morgan fingerprint density at radius 2 is 1.00 bits per heavy atom. The molecular weight excluding hydrogens is 338 g/mol. The van der Waals surface area contributed by atoms with Gasteiger partial charge in [-0.1, -0.05) is 0 Å². The molecule has 0 aromatic rings. The van der Waals surface area contributed by atoms with Crippen LogP contribution < -0.4 is 0 Å². The second-order valence-corrected chi connectivity index (χ2v) is 0. The second kappa shape index (κ2) is 18.6. The molecule has 0 atom stereocenters. The average molecular weight is 341 g/mol. The van der Waals surface area contributed by atoms with Crippen LogP contribution in [-0.4, -0.2) is 17.4 Å². The molecule has 0 amide bonds. The molecule has 0 spiro atoms. The molecule has 4 heavy (non-hydrogen) atoms. The summed E-state index contributed by atoms with van der Waals surface area (Å²) in [6.45, 7) is 0. The third kappa shape index (κ3) is 8.86. The summed E-state index contributed by atoms with van der Waals surface area (Å²) in [6, 6.07) is 0. The topological polar surface area (TPSA) is 0 Å². The fourth-order valence-electron chi connectivity index (χ4n) is 0. The van der Waals surface area contributed by atoms with Gasteiger partial charge in [0.1, 0.15) is 0 Å². The Morgan fingerprint density at radius 3 is 1.00 bits per heavy atom. The van der Waals surface area contributed by atoms with E-state index in [1.165, 1.54) is 0 Å². The number of hydrogen-bond donors (Lipinski definition) is 0. The zero-order valence-corrected chi connectivity index (χ0v) is 5.33. The van der Waals surface area contributed by atoms with Crippen LogP contribution in [0.5, 0.6) is 0 Å². The first-order valence-electron chi connectivity index (χ1n) is 0. The third-order valence-corrected chi connectivity index (χ3v) is 0. The predicted molar refractivity (Wildman–Crippen MR) is 9.94 cm³/mol. The zero-order valence-electron chi connectivity index (χ0n) is 0.996. The van der Waals surface area contributed by atoms with Crippen molar-refractivity contribution in [2.45, 2.75) is 0 Å². The molecule has 0 rings (SSSR count). The minimum atomic E-state index is 0. The van der Waals surface area contributed by atoms with Crippen molar-refractivity contribution in [3.05, 3.63) is 0 Å². The summed E-state index contributed by atoms with van der Waals surface area (Å²) in [6.07, 6.45) is 0. The van der Waals surface area contributed by atoms with Gasteiger partial charge in [-0.05, 0) is 0 Å². The quantitative estimate of drug-likeness (QED) is 0.487. The van der Waals surface area contributed by atoms with Gasteiger partial charge in [0.2, 0.25) is 0 Å². The van der Waals surface area contributed by atoms with Gasteiger partial charge in [-0.15, -0.1) is 0 Å². The molecule has 0 saturated carbocycles. The van der Waals surface area contributed by atoms with Crippen LogP contribution >= 0.6 is 0 Å². The maximum atomic E-state index is 0. The van der Waals surface area contributed by atoms with Crippen molar-refractivity contribution in [3.8, 4) is 0 Å². The van der Waals surface area contributed by atoms with Gasteiger partial charge >= 0.3 is 0 Å². The zero-order chi connectivity index (χ0) is 0. The van der Waals surface area contributed by atoms with Gasteiger partial charge in [0.05, 0.1) is 0 Å². The molecule has 0 heterocycles. The Kier molecular flexibility index (Phi) is 156. The van der Waals surface area contributed by atoms with Crippen molar-refractivity contribution >= 4 is 17.4 Å². The Bertz CT molecular complexity index is 8.00. The van der Waals surface area contributed by atoms with E-state index in [-0.39, 0.29) is 73.3 Å². The summed E-state index contributed by atoms with van der Waals surface area (Å²) in [7, 11) is 0. The minimum Gasteiger partial charge on any atom is 0 e. The van der Waals surface area contributed by atoms with Gasteiger partial charge in [-0.25, -0.2) is 0 Å². The van der Waals surface area contributed by atoms with Gasteiger partial charge in [0.25, 0.3) is 0 Å². The van der Waals surface area contributed by atoms with Gasteiger partial charge in [-0.3, -0.25) is 0 Å². The van der Waals surface area contributed by atoms with Gasteiger partial charge in [-0.2, -0.15) is 0 Å². The van der Waals surface area contributed by atoms with E-state index >= 15 is 0 Å². The molecule has 0 bridgehead atoms. The van der Waals surface area contributed by atoms with Gasteiger partial charge < -0.3 is 0 Å². The molecular formula is H3AlAuMnNi. The first-order chi connectivity index (χ1) is 0. The molecule has 0 nitrogen and oxygen atoms in total. The fourth-order valence-corrected chi connectivity index (χ4v) is 0. The Labute approximate surface area is 72.5 Å². The van der Waals surface area contributed by atoms with E-state index in [0.717, 1.165) is 0 Å². The van der Waals surface area contributed by atoms with E-state index in [1.807, 2.05) is 0 Å². The average Bonchev–Trinajstić information content (AvgIpc) is 0. The molecule has 0 N–H and O–H groups in total. The molecule has 0 aromatic carbocycles. The summed E-state index contributed by atoms with van der Waals surface area (Å²) in [5.74, 6) is 0. The summed E-state index contributed by atoms with van der Waals surface area (Å²) < 4.78 is 0. The van der Waals surface area contributed by atoms with E-state index in [2.05, 4.69) is 0 Å². The summed E-state index contributed by atoms with van der Waals surface area (Å²) in [4.78, 5) is 0. The van der Waals surface area contributed by atoms with Crippen molar-refractivity contribution in [3.63, 3.8) is 0 Å². The van der Waals surface area contributed by atoms with E-state index in [0.29, 0.717) is 0 Å². The molecule has 4 heteroatoms. The fraction of sp³-hybridized carbons (Fsp3) is 0. The van der Waals surface area contributed by atoms with Crippen LogP contribution in [0.2, 0.25) is 0 Å². The first kappa shape index (κ1) is 33.6. The second-order valence-electron chi connectivity index (χ2n) is 0. The standard InChI is InChI=1S/Al.Au.Mn.Ni.3H. The van der Waals surface area contributed by atoms with Crippen LogP contribution in [0.15, 0.2) is 0 Å². The van der Waals surface area contributed by atoms with Crippen LogP contribution in [0.3, 0.4) is 0 Å². The summed E-state index contributed by atoms with van der Waals surface area (Å²) >= 11 is 0. The van der Waals surface area contributed by atoms with Crippen molar-refractivity contribution < 1.29 is 55.9 Å². The SMILES string of the molecule is [AlH3].[Au].[Mn].[Ni]. The predicted octanol–water partition coefficient (Wildman–Crippen LogP) is -1.19. The molecule has 0 unspecified atom stereocenters. The van der Waals surface area contributed by atoms with Crippen molar-refractivity contribution in [2.75, 3.05) is 0 Å². The van der Waals surface area contributed by atoms with Crippen molar-refractivity contribution in [1.82, 2.24) is 0 Å². The summed E-state index contributed by atoms with van der Waals surface area (Å²) in [5.41, 5.74) is 0. The maximum absolute atomic E-state index is 0. The number of rotatable bonds is 0. The maximum Gasteiger partial charge on any atom is 0.187 e. The largest absolute Gasteiger partial charge is 0.187 e. The monoisotopic (exact) mass is 340 g/mol. The molecule has 0 aromatic heterocycles. The van der Waals surface area contributed by atoms with Crippen LogP contribution in [-0.2, 0) is 55.9 Å². The van der Waals surface area contributed by atoms with Crippen molar-refractivity contribution in [2.24, 2.45) is 0 Å². The van der Waals surface area contributed by atoms with E-state index in [9.17, 15) is 0 Å². The smallest absolute Gasteiger partial charge is 0 e. The third-order valence-electron chi connectivity index (χ3n) is 0. The van der Waals surface area contributed by atoms with Gasteiger partial charge in [0.15, 0.2) is 17.4 Å². The molecule has 0 aliphatic carbocycles. The van der Waals surface area contributed by atoms with E-state index in [4.69, 9.17) is 0 Å². The Hall–Kier alpha value is 2.29. The Morgan fingerprint density at radius 1 is 1.00 bits per heavy atom. The Balaban J connectivity index is 0.